The van der Waals surface area contributed by atoms with Gasteiger partial charge in [-0.15, -0.1) is 0 Å². The Balaban J connectivity index is 1.96. The van der Waals surface area contributed by atoms with E-state index in [0.29, 0.717) is 27.7 Å². The van der Waals surface area contributed by atoms with Crippen LogP contribution in [0.1, 0.15) is 17.5 Å². The lowest BCUT2D eigenvalue weighted by Gasteiger charge is -2.09. The van der Waals surface area contributed by atoms with Gasteiger partial charge in [-0.3, -0.25) is 4.79 Å². The largest absolute Gasteiger partial charge is 0.326 e. The van der Waals surface area contributed by atoms with Gasteiger partial charge < -0.3 is 5.32 Å². The SMILES string of the molecule is Cc1cc(F)ccc1NC(=O)CCc1ccc(Cl)cc1Cl. The predicted octanol–water partition coefficient (Wildman–Crippen LogP) is 5.01. The van der Waals surface area contributed by atoms with Gasteiger partial charge in [0.2, 0.25) is 5.91 Å². The van der Waals surface area contributed by atoms with E-state index in [0.717, 1.165) is 5.56 Å². The lowest BCUT2D eigenvalue weighted by molar-refractivity contribution is -0.116. The van der Waals surface area contributed by atoms with Crippen LogP contribution in [-0.4, -0.2) is 5.91 Å². The van der Waals surface area contributed by atoms with Gasteiger partial charge in [0, 0.05) is 22.2 Å². The monoisotopic (exact) mass is 325 g/mol. The number of amides is 1. The first-order chi connectivity index (χ1) is 9.95. The van der Waals surface area contributed by atoms with Crippen LogP contribution in [-0.2, 0) is 11.2 Å². The highest BCUT2D eigenvalue weighted by molar-refractivity contribution is 6.35. The maximum absolute atomic E-state index is 13.0. The molecule has 1 amide bonds. The van der Waals surface area contributed by atoms with Gasteiger partial charge >= 0.3 is 0 Å². The van der Waals surface area contributed by atoms with Crippen LogP contribution in [0.15, 0.2) is 36.4 Å². The summed E-state index contributed by atoms with van der Waals surface area (Å²) in [7, 11) is 0. The Morgan fingerprint density at radius 3 is 2.62 bits per heavy atom. The van der Waals surface area contributed by atoms with Crippen LogP contribution >= 0.6 is 23.2 Å². The van der Waals surface area contributed by atoms with Crippen molar-refractivity contribution in [1.82, 2.24) is 0 Å². The number of anilines is 1. The van der Waals surface area contributed by atoms with Crippen LogP contribution in [0.5, 0.6) is 0 Å². The first-order valence-electron chi connectivity index (χ1n) is 6.45. The second kappa shape index (κ2) is 6.92. The number of carbonyl (C=O) groups excluding carboxylic acids is 1. The molecule has 2 nitrogen and oxygen atoms in total. The number of rotatable bonds is 4. The van der Waals surface area contributed by atoms with E-state index in [-0.39, 0.29) is 18.1 Å². The van der Waals surface area contributed by atoms with E-state index < -0.39 is 0 Å². The molecular formula is C16H14Cl2FNO. The lowest BCUT2D eigenvalue weighted by Crippen LogP contribution is -2.13. The van der Waals surface area contributed by atoms with Crippen LogP contribution in [0.25, 0.3) is 0 Å². The fourth-order valence-electron chi connectivity index (χ4n) is 1.95. The second-order valence-corrected chi connectivity index (χ2v) is 5.59. The zero-order valence-corrected chi connectivity index (χ0v) is 12.9. The summed E-state index contributed by atoms with van der Waals surface area (Å²) in [6.45, 7) is 1.74. The summed E-state index contributed by atoms with van der Waals surface area (Å²) < 4.78 is 13.0. The topological polar surface area (TPSA) is 29.1 Å². The minimum Gasteiger partial charge on any atom is -0.326 e. The van der Waals surface area contributed by atoms with Crippen LogP contribution in [0.3, 0.4) is 0 Å². The van der Waals surface area contributed by atoms with Crippen molar-refractivity contribution in [3.8, 4) is 0 Å². The van der Waals surface area contributed by atoms with Crippen LogP contribution < -0.4 is 5.32 Å². The van der Waals surface area contributed by atoms with Crippen molar-refractivity contribution in [1.29, 1.82) is 0 Å². The molecule has 0 heterocycles. The van der Waals surface area contributed by atoms with Crippen molar-refractivity contribution >= 4 is 34.8 Å². The predicted molar refractivity (Wildman–Crippen MR) is 84.5 cm³/mol. The molecule has 2 aromatic rings. The third-order valence-corrected chi connectivity index (χ3v) is 3.69. The van der Waals surface area contributed by atoms with Crippen LogP contribution in [0.4, 0.5) is 10.1 Å². The van der Waals surface area contributed by atoms with E-state index in [1.165, 1.54) is 12.1 Å². The molecule has 2 rings (SSSR count). The third kappa shape index (κ3) is 4.45. The number of benzene rings is 2. The van der Waals surface area contributed by atoms with Crippen molar-refractivity contribution in [2.45, 2.75) is 19.8 Å². The van der Waals surface area contributed by atoms with Crippen molar-refractivity contribution in [2.75, 3.05) is 5.32 Å². The maximum Gasteiger partial charge on any atom is 0.224 e. The molecule has 0 atom stereocenters. The summed E-state index contributed by atoms with van der Waals surface area (Å²) in [5.41, 5.74) is 2.17. The standard InChI is InChI=1S/C16H14Cl2FNO/c1-10-8-13(19)5-6-15(10)20-16(21)7-3-11-2-4-12(17)9-14(11)18/h2,4-6,8-9H,3,7H2,1H3,(H,20,21). The number of carbonyl (C=O) groups is 1. The quantitative estimate of drug-likeness (QED) is 0.840. The minimum atomic E-state index is -0.321. The first kappa shape index (κ1) is 15.8. The van der Waals surface area contributed by atoms with Gasteiger partial charge in [-0.2, -0.15) is 0 Å². The normalized spacial score (nSPS) is 10.5. The van der Waals surface area contributed by atoms with E-state index in [4.69, 9.17) is 23.2 Å². The molecule has 0 saturated carbocycles. The van der Waals surface area contributed by atoms with E-state index in [2.05, 4.69) is 5.32 Å². The number of nitrogens with one attached hydrogen (secondary N) is 1. The fourth-order valence-corrected chi connectivity index (χ4v) is 2.46. The van der Waals surface area contributed by atoms with Gasteiger partial charge in [-0.1, -0.05) is 29.3 Å². The molecule has 0 saturated heterocycles. The Hall–Kier alpha value is -1.58. The van der Waals surface area contributed by atoms with Gasteiger partial charge in [0.25, 0.3) is 0 Å². The minimum absolute atomic E-state index is 0.143. The van der Waals surface area contributed by atoms with Crippen molar-refractivity contribution in [3.05, 3.63) is 63.4 Å². The second-order valence-electron chi connectivity index (χ2n) is 4.74. The van der Waals surface area contributed by atoms with E-state index in [1.807, 2.05) is 0 Å². The molecule has 0 aromatic heterocycles. The van der Waals surface area contributed by atoms with Gasteiger partial charge in [-0.25, -0.2) is 4.39 Å². The van der Waals surface area contributed by atoms with E-state index >= 15 is 0 Å². The van der Waals surface area contributed by atoms with E-state index in [1.54, 1.807) is 31.2 Å². The molecule has 2 aromatic carbocycles. The Morgan fingerprint density at radius 2 is 1.95 bits per heavy atom. The molecule has 0 bridgehead atoms. The zero-order chi connectivity index (χ0) is 15.4. The molecule has 0 aliphatic rings. The lowest BCUT2D eigenvalue weighted by atomic mass is 10.1. The molecule has 1 N–H and O–H groups in total. The molecule has 110 valence electrons. The molecule has 0 spiro atoms. The maximum atomic E-state index is 13.0. The van der Waals surface area contributed by atoms with Crippen molar-refractivity contribution in [3.63, 3.8) is 0 Å². The molecule has 0 fully saturated rings. The zero-order valence-electron chi connectivity index (χ0n) is 11.4. The van der Waals surface area contributed by atoms with Crippen LogP contribution in [0.2, 0.25) is 10.0 Å². The molecule has 0 radical (unpaired) electrons. The highest BCUT2D eigenvalue weighted by Crippen LogP contribution is 2.22. The summed E-state index contributed by atoms with van der Waals surface area (Å²) in [5, 5.41) is 3.88. The van der Waals surface area contributed by atoms with Gasteiger partial charge in [0.1, 0.15) is 5.82 Å². The Morgan fingerprint density at radius 1 is 1.19 bits per heavy atom. The van der Waals surface area contributed by atoms with Crippen LogP contribution in [0, 0.1) is 12.7 Å². The highest BCUT2D eigenvalue weighted by Gasteiger charge is 2.08. The number of halogens is 3. The average molecular weight is 326 g/mol. The Labute approximate surface area is 132 Å². The van der Waals surface area contributed by atoms with Gasteiger partial charge in [0.15, 0.2) is 0 Å². The van der Waals surface area contributed by atoms with Gasteiger partial charge in [0.05, 0.1) is 0 Å². The Kier molecular flexibility index (Phi) is 5.21. The van der Waals surface area contributed by atoms with Gasteiger partial charge in [-0.05, 0) is 54.8 Å². The number of hydrogen-bond donors (Lipinski definition) is 1. The summed E-state index contributed by atoms with van der Waals surface area (Å²) in [4.78, 5) is 11.9. The summed E-state index contributed by atoms with van der Waals surface area (Å²) in [6.07, 6.45) is 0.806. The number of hydrogen-bond acceptors (Lipinski definition) is 1. The van der Waals surface area contributed by atoms with E-state index in [9.17, 15) is 9.18 Å². The molecule has 5 heteroatoms. The average Bonchev–Trinajstić information content (AvgIpc) is 2.41. The highest BCUT2D eigenvalue weighted by atomic mass is 35.5. The first-order valence-corrected chi connectivity index (χ1v) is 7.21. The fraction of sp³-hybridized carbons (Fsp3) is 0.188. The van der Waals surface area contributed by atoms with Crippen molar-refractivity contribution < 1.29 is 9.18 Å². The smallest absolute Gasteiger partial charge is 0.224 e. The molecule has 0 unspecified atom stereocenters. The molecule has 21 heavy (non-hydrogen) atoms. The molecular weight excluding hydrogens is 312 g/mol. The molecule has 0 aliphatic heterocycles. The molecule has 0 aliphatic carbocycles. The van der Waals surface area contributed by atoms with Crippen molar-refractivity contribution in [2.24, 2.45) is 0 Å². The Bertz CT molecular complexity index is 673. The summed E-state index contributed by atoms with van der Waals surface area (Å²) in [5.74, 6) is -0.464. The third-order valence-electron chi connectivity index (χ3n) is 3.10. The number of aryl methyl sites for hydroxylation is 2. The summed E-state index contributed by atoms with van der Waals surface area (Å²) in [6, 6.07) is 9.45. The summed E-state index contributed by atoms with van der Waals surface area (Å²) >= 11 is 11.9.